The lowest BCUT2D eigenvalue weighted by molar-refractivity contribution is -0.0794. The standard InChI is InChI=1S/C14H17F2N5O/c1-8-4-9(2)21(20-8)13-18-11(5-12(19-13)22-3)17-10-6-14(15,16)7-10/h4-5,10H,6-7H2,1-3H3,(H,17,18,19). The van der Waals surface area contributed by atoms with E-state index >= 15 is 0 Å². The predicted octanol–water partition coefficient (Wildman–Crippen LogP) is 2.50. The Labute approximate surface area is 126 Å². The van der Waals surface area contributed by atoms with Gasteiger partial charge in [0.15, 0.2) is 0 Å². The number of nitrogens with one attached hydrogen (secondary N) is 1. The molecule has 6 nitrogen and oxygen atoms in total. The highest BCUT2D eigenvalue weighted by atomic mass is 19.3. The van der Waals surface area contributed by atoms with E-state index in [9.17, 15) is 8.78 Å². The van der Waals surface area contributed by atoms with Crippen molar-refractivity contribution in [3.8, 4) is 11.8 Å². The number of alkyl halides is 2. The maximum absolute atomic E-state index is 12.9. The molecule has 22 heavy (non-hydrogen) atoms. The Morgan fingerprint density at radius 1 is 1.27 bits per heavy atom. The van der Waals surface area contributed by atoms with Gasteiger partial charge in [-0.2, -0.15) is 15.1 Å². The van der Waals surface area contributed by atoms with Gasteiger partial charge in [0.1, 0.15) is 5.82 Å². The van der Waals surface area contributed by atoms with Gasteiger partial charge in [-0.25, -0.2) is 13.5 Å². The first-order chi connectivity index (χ1) is 10.4. The lowest BCUT2D eigenvalue weighted by Crippen LogP contribution is -2.44. The first kappa shape index (κ1) is 14.7. The molecule has 0 aliphatic heterocycles. The Bertz CT molecular complexity index is 693. The lowest BCUT2D eigenvalue weighted by Gasteiger charge is -2.35. The largest absolute Gasteiger partial charge is 0.481 e. The van der Waals surface area contributed by atoms with Crippen molar-refractivity contribution in [2.24, 2.45) is 0 Å². The maximum Gasteiger partial charge on any atom is 0.256 e. The zero-order valence-electron chi connectivity index (χ0n) is 12.6. The van der Waals surface area contributed by atoms with E-state index in [1.54, 1.807) is 10.7 Å². The Kier molecular flexibility index (Phi) is 3.46. The molecule has 8 heteroatoms. The highest BCUT2D eigenvalue weighted by molar-refractivity contribution is 5.43. The second-order valence-corrected chi connectivity index (χ2v) is 5.54. The van der Waals surface area contributed by atoms with Crippen LogP contribution in [-0.2, 0) is 0 Å². The number of aryl methyl sites for hydroxylation is 2. The summed E-state index contributed by atoms with van der Waals surface area (Å²) in [6.07, 6.45) is -0.372. The monoisotopic (exact) mass is 309 g/mol. The second kappa shape index (κ2) is 5.19. The van der Waals surface area contributed by atoms with E-state index in [0.717, 1.165) is 11.4 Å². The van der Waals surface area contributed by atoms with Crippen LogP contribution >= 0.6 is 0 Å². The number of aromatic nitrogens is 4. The van der Waals surface area contributed by atoms with E-state index in [0.29, 0.717) is 17.6 Å². The number of methoxy groups -OCH3 is 1. The number of halogens is 2. The van der Waals surface area contributed by atoms with Gasteiger partial charge < -0.3 is 10.1 Å². The summed E-state index contributed by atoms with van der Waals surface area (Å²) in [6.45, 7) is 3.77. The molecule has 0 saturated heterocycles. The molecule has 3 rings (SSSR count). The van der Waals surface area contributed by atoms with E-state index in [2.05, 4.69) is 20.4 Å². The molecule has 0 atom stereocenters. The molecular formula is C14H17F2N5O. The van der Waals surface area contributed by atoms with Crippen LogP contribution in [0.4, 0.5) is 14.6 Å². The molecule has 0 spiro atoms. The SMILES string of the molecule is COc1cc(NC2CC(F)(F)C2)nc(-n2nc(C)cc2C)n1. The summed E-state index contributed by atoms with van der Waals surface area (Å²) in [4.78, 5) is 8.60. The normalized spacial score (nSPS) is 17.1. The predicted molar refractivity (Wildman–Crippen MR) is 76.8 cm³/mol. The van der Waals surface area contributed by atoms with Gasteiger partial charge in [-0.3, -0.25) is 0 Å². The lowest BCUT2D eigenvalue weighted by atomic mass is 9.88. The molecule has 1 N–H and O–H groups in total. The summed E-state index contributed by atoms with van der Waals surface area (Å²) in [5.74, 6) is -1.42. The molecule has 1 fully saturated rings. The fraction of sp³-hybridized carbons (Fsp3) is 0.500. The molecule has 0 unspecified atom stereocenters. The van der Waals surface area contributed by atoms with Crippen LogP contribution in [0, 0.1) is 13.8 Å². The van der Waals surface area contributed by atoms with E-state index in [1.165, 1.54) is 7.11 Å². The highest BCUT2D eigenvalue weighted by Crippen LogP contribution is 2.39. The van der Waals surface area contributed by atoms with E-state index in [-0.39, 0.29) is 18.9 Å². The first-order valence-corrected chi connectivity index (χ1v) is 6.97. The molecule has 1 aliphatic carbocycles. The molecule has 2 aromatic rings. The van der Waals surface area contributed by atoms with Crippen LogP contribution in [0.5, 0.6) is 5.88 Å². The van der Waals surface area contributed by atoms with Gasteiger partial charge in [0.05, 0.1) is 12.8 Å². The third-order valence-electron chi connectivity index (χ3n) is 3.54. The molecule has 0 radical (unpaired) electrons. The van der Waals surface area contributed by atoms with Gasteiger partial charge in [0, 0.05) is 30.6 Å². The summed E-state index contributed by atoms with van der Waals surface area (Å²) in [7, 11) is 1.49. The van der Waals surface area contributed by atoms with Crippen LogP contribution in [0.1, 0.15) is 24.2 Å². The van der Waals surface area contributed by atoms with E-state index in [1.807, 2.05) is 19.9 Å². The van der Waals surface area contributed by atoms with Crippen molar-refractivity contribution in [1.82, 2.24) is 19.7 Å². The molecule has 0 bridgehead atoms. The minimum Gasteiger partial charge on any atom is -0.481 e. The van der Waals surface area contributed by atoms with Crippen molar-refractivity contribution in [2.45, 2.75) is 38.7 Å². The van der Waals surface area contributed by atoms with Gasteiger partial charge >= 0.3 is 0 Å². The van der Waals surface area contributed by atoms with E-state index < -0.39 is 5.92 Å². The summed E-state index contributed by atoms with van der Waals surface area (Å²) >= 11 is 0. The van der Waals surface area contributed by atoms with Crippen LogP contribution in [-0.4, -0.2) is 38.8 Å². The number of ether oxygens (including phenoxy) is 1. The van der Waals surface area contributed by atoms with Crippen LogP contribution in [0.15, 0.2) is 12.1 Å². The van der Waals surface area contributed by atoms with Crippen LogP contribution in [0.25, 0.3) is 5.95 Å². The smallest absolute Gasteiger partial charge is 0.256 e. The van der Waals surface area contributed by atoms with Crippen molar-refractivity contribution < 1.29 is 13.5 Å². The zero-order chi connectivity index (χ0) is 15.9. The molecule has 118 valence electrons. The topological polar surface area (TPSA) is 64.9 Å². The Hall–Kier alpha value is -2.25. The Balaban J connectivity index is 1.88. The third-order valence-corrected chi connectivity index (χ3v) is 3.54. The van der Waals surface area contributed by atoms with Gasteiger partial charge in [-0.05, 0) is 19.9 Å². The summed E-state index contributed by atoms with van der Waals surface area (Å²) in [5.41, 5.74) is 1.73. The number of hydrogen-bond donors (Lipinski definition) is 1. The number of anilines is 1. The van der Waals surface area contributed by atoms with Crippen LogP contribution in [0.3, 0.4) is 0 Å². The quantitative estimate of drug-likeness (QED) is 0.940. The molecular weight excluding hydrogens is 292 g/mol. The van der Waals surface area contributed by atoms with Gasteiger partial charge in [0.25, 0.3) is 11.9 Å². The maximum atomic E-state index is 12.9. The van der Waals surface area contributed by atoms with Gasteiger partial charge in [0.2, 0.25) is 5.88 Å². The van der Waals surface area contributed by atoms with Crippen molar-refractivity contribution in [3.05, 3.63) is 23.5 Å². The fourth-order valence-electron chi connectivity index (χ4n) is 2.49. The highest BCUT2D eigenvalue weighted by Gasteiger charge is 2.45. The van der Waals surface area contributed by atoms with Crippen molar-refractivity contribution in [3.63, 3.8) is 0 Å². The second-order valence-electron chi connectivity index (χ2n) is 5.54. The average Bonchev–Trinajstić information content (AvgIpc) is 2.75. The minimum atomic E-state index is -2.58. The number of hydrogen-bond acceptors (Lipinski definition) is 5. The Morgan fingerprint density at radius 3 is 2.55 bits per heavy atom. The third kappa shape index (κ3) is 2.86. The van der Waals surface area contributed by atoms with Crippen LogP contribution in [0.2, 0.25) is 0 Å². The zero-order valence-corrected chi connectivity index (χ0v) is 12.6. The van der Waals surface area contributed by atoms with Crippen molar-refractivity contribution in [2.75, 3.05) is 12.4 Å². The van der Waals surface area contributed by atoms with E-state index in [4.69, 9.17) is 4.74 Å². The summed E-state index contributed by atoms with van der Waals surface area (Å²) in [6, 6.07) is 3.21. The first-order valence-electron chi connectivity index (χ1n) is 6.97. The summed E-state index contributed by atoms with van der Waals surface area (Å²) < 4.78 is 32.6. The van der Waals surface area contributed by atoms with Crippen molar-refractivity contribution in [1.29, 1.82) is 0 Å². The molecule has 0 amide bonds. The molecule has 2 heterocycles. The summed E-state index contributed by atoms with van der Waals surface area (Å²) in [5, 5.41) is 7.31. The molecule has 1 saturated carbocycles. The molecule has 1 aliphatic rings. The molecule has 0 aromatic carbocycles. The van der Waals surface area contributed by atoms with Gasteiger partial charge in [-0.15, -0.1) is 0 Å². The van der Waals surface area contributed by atoms with Gasteiger partial charge in [-0.1, -0.05) is 0 Å². The fourth-order valence-corrected chi connectivity index (χ4v) is 2.49. The molecule has 2 aromatic heterocycles. The Morgan fingerprint density at radius 2 is 2.00 bits per heavy atom. The van der Waals surface area contributed by atoms with Crippen LogP contribution < -0.4 is 10.1 Å². The number of nitrogens with zero attached hydrogens (tertiary/aromatic N) is 4. The van der Waals surface area contributed by atoms with Crippen molar-refractivity contribution >= 4 is 5.82 Å². The number of rotatable bonds is 4. The minimum absolute atomic E-state index is 0.186. The average molecular weight is 309 g/mol.